The lowest BCUT2D eigenvalue weighted by molar-refractivity contribution is -0.274. The van der Waals surface area contributed by atoms with Gasteiger partial charge in [0.1, 0.15) is 17.6 Å². The second-order valence-electron chi connectivity index (χ2n) is 4.14. The molecule has 19 heavy (non-hydrogen) atoms. The van der Waals surface area contributed by atoms with Crippen LogP contribution in [0, 0.1) is 17.1 Å². The molecule has 1 aromatic rings. The molecule has 0 aliphatic carbocycles. The first-order valence-electron chi connectivity index (χ1n) is 5.62. The van der Waals surface area contributed by atoms with Gasteiger partial charge >= 0.3 is 6.36 Å². The molecule has 1 heterocycles. The lowest BCUT2D eigenvalue weighted by atomic mass is 10.2. The van der Waals surface area contributed by atoms with Gasteiger partial charge in [-0.15, -0.1) is 13.2 Å². The maximum absolute atomic E-state index is 13.8. The number of halogens is 4. The minimum atomic E-state index is -4.85. The Morgan fingerprint density at radius 3 is 2.68 bits per heavy atom. The molecule has 0 amide bonds. The Hall–Kier alpha value is -1.97. The van der Waals surface area contributed by atoms with Crippen molar-refractivity contribution in [3.05, 3.63) is 24.0 Å². The average molecular weight is 274 g/mol. The van der Waals surface area contributed by atoms with E-state index < -0.39 is 24.0 Å². The van der Waals surface area contributed by atoms with E-state index in [2.05, 4.69) is 4.74 Å². The molecule has 0 bridgehead atoms. The van der Waals surface area contributed by atoms with E-state index in [1.54, 1.807) is 4.90 Å². The van der Waals surface area contributed by atoms with Gasteiger partial charge in [0, 0.05) is 12.6 Å². The molecule has 3 nitrogen and oxygen atoms in total. The Kier molecular flexibility index (Phi) is 3.51. The molecule has 1 aliphatic heterocycles. The maximum atomic E-state index is 13.8. The molecule has 1 saturated heterocycles. The SMILES string of the molecule is N#C[C@H]1CCCN1c1ccc(OC(F)(F)F)cc1F. The maximum Gasteiger partial charge on any atom is 0.573 e. The van der Waals surface area contributed by atoms with Crippen LogP contribution in [-0.4, -0.2) is 18.9 Å². The zero-order valence-corrected chi connectivity index (χ0v) is 9.75. The van der Waals surface area contributed by atoms with Gasteiger partial charge in [0.15, 0.2) is 0 Å². The van der Waals surface area contributed by atoms with Crippen LogP contribution in [-0.2, 0) is 0 Å². The third kappa shape index (κ3) is 3.08. The highest BCUT2D eigenvalue weighted by Gasteiger charge is 2.32. The van der Waals surface area contributed by atoms with Crippen LogP contribution >= 0.6 is 0 Å². The van der Waals surface area contributed by atoms with Gasteiger partial charge in [0.05, 0.1) is 11.8 Å². The van der Waals surface area contributed by atoms with E-state index in [0.29, 0.717) is 19.0 Å². The molecule has 1 fully saturated rings. The van der Waals surface area contributed by atoms with E-state index in [-0.39, 0.29) is 5.69 Å². The molecule has 0 spiro atoms. The second-order valence-corrected chi connectivity index (χ2v) is 4.14. The van der Waals surface area contributed by atoms with Gasteiger partial charge in [-0.25, -0.2) is 4.39 Å². The summed E-state index contributed by atoms with van der Waals surface area (Å²) >= 11 is 0. The number of nitriles is 1. The molecule has 2 rings (SSSR count). The minimum Gasteiger partial charge on any atom is -0.406 e. The predicted octanol–water partition coefficient (Wildman–Crippen LogP) is 3.22. The summed E-state index contributed by atoms with van der Waals surface area (Å²) in [5, 5.41) is 8.91. The molecule has 0 radical (unpaired) electrons. The van der Waals surface area contributed by atoms with Gasteiger partial charge in [-0.05, 0) is 25.0 Å². The van der Waals surface area contributed by atoms with Crippen LogP contribution in [0.15, 0.2) is 18.2 Å². The summed E-state index contributed by atoms with van der Waals surface area (Å²) in [6.45, 7) is 0.509. The van der Waals surface area contributed by atoms with E-state index >= 15 is 0 Å². The average Bonchev–Trinajstić information content (AvgIpc) is 2.74. The first-order valence-corrected chi connectivity index (χ1v) is 5.62. The highest BCUT2D eigenvalue weighted by Crippen LogP contribution is 2.31. The number of rotatable bonds is 2. The molecule has 0 aromatic heterocycles. The summed E-state index contributed by atoms with van der Waals surface area (Å²) in [7, 11) is 0. The summed E-state index contributed by atoms with van der Waals surface area (Å²) in [5.41, 5.74) is 0.124. The molecule has 7 heteroatoms. The van der Waals surface area contributed by atoms with Gasteiger partial charge in [0.25, 0.3) is 0 Å². The fourth-order valence-electron chi connectivity index (χ4n) is 2.11. The number of ether oxygens (including phenoxy) is 1. The largest absolute Gasteiger partial charge is 0.573 e. The predicted molar refractivity (Wildman–Crippen MR) is 59.1 cm³/mol. The van der Waals surface area contributed by atoms with Gasteiger partial charge in [0.2, 0.25) is 0 Å². The van der Waals surface area contributed by atoms with Crippen molar-refractivity contribution in [1.82, 2.24) is 0 Å². The van der Waals surface area contributed by atoms with Gasteiger partial charge in [-0.1, -0.05) is 0 Å². The Morgan fingerprint density at radius 2 is 2.11 bits per heavy atom. The molecule has 1 aromatic carbocycles. The normalized spacial score (nSPS) is 19.3. The highest BCUT2D eigenvalue weighted by molar-refractivity contribution is 5.53. The lowest BCUT2D eigenvalue weighted by Gasteiger charge is -2.22. The number of benzene rings is 1. The third-order valence-electron chi connectivity index (χ3n) is 2.86. The lowest BCUT2D eigenvalue weighted by Crippen LogP contribution is -2.28. The molecule has 102 valence electrons. The van der Waals surface area contributed by atoms with Gasteiger partial charge < -0.3 is 9.64 Å². The van der Waals surface area contributed by atoms with Crippen LogP contribution in [0.4, 0.5) is 23.2 Å². The molecule has 1 aliphatic rings. The van der Waals surface area contributed by atoms with Crippen molar-refractivity contribution in [1.29, 1.82) is 5.26 Å². The fourth-order valence-corrected chi connectivity index (χ4v) is 2.11. The van der Waals surface area contributed by atoms with Crippen molar-refractivity contribution in [3.8, 4) is 11.8 Å². The zero-order chi connectivity index (χ0) is 14.0. The molecular weight excluding hydrogens is 264 g/mol. The third-order valence-corrected chi connectivity index (χ3v) is 2.86. The highest BCUT2D eigenvalue weighted by atomic mass is 19.4. The van der Waals surface area contributed by atoms with Crippen molar-refractivity contribution in [2.24, 2.45) is 0 Å². The topological polar surface area (TPSA) is 36.3 Å². The van der Waals surface area contributed by atoms with Crippen molar-refractivity contribution < 1.29 is 22.3 Å². The van der Waals surface area contributed by atoms with Crippen molar-refractivity contribution >= 4 is 5.69 Å². The van der Waals surface area contributed by atoms with E-state index in [1.807, 2.05) is 6.07 Å². The Bertz CT molecular complexity index is 509. The first-order chi connectivity index (χ1) is 8.90. The van der Waals surface area contributed by atoms with Crippen LogP contribution in [0.5, 0.6) is 5.75 Å². The molecule has 0 unspecified atom stereocenters. The number of hydrogen-bond acceptors (Lipinski definition) is 3. The molecule has 0 saturated carbocycles. The van der Waals surface area contributed by atoms with Crippen LogP contribution in [0.3, 0.4) is 0 Å². The van der Waals surface area contributed by atoms with E-state index in [4.69, 9.17) is 5.26 Å². The Morgan fingerprint density at radius 1 is 1.37 bits per heavy atom. The smallest absolute Gasteiger partial charge is 0.406 e. The van der Waals surface area contributed by atoms with E-state index in [0.717, 1.165) is 12.5 Å². The standard InChI is InChI=1S/C12H10F4N2O/c13-10-6-9(19-12(14,15)16)3-4-11(10)18-5-1-2-8(18)7-17/h3-4,6,8H,1-2,5H2/t8-/m1/s1. The van der Waals surface area contributed by atoms with Crippen molar-refractivity contribution in [2.45, 2.75) is 25.2 Å². The summed E-state index contributed by atoms with van der Waals surface area (Å²) < 4.78 is 53.4. The summed E-state index contributed by atoms with van der Waals surface area (Å²) in [5.74, 6) is -1.44. The minimum absolute atomic E-state index is 0.124. The number of alkyl halides is 3. The summed E-state index contributed by atoms with van der Waals surface area (Å²) in [6.07, 6.45) is -3.48. The van der Waals surface area contributed by atoms with Crippen LogP contribution in [0.2, 0.25) is 0 Å². The summed E-state index contributed by atoms with van der Waals surface area (Å²) in [6, 6.07) is 4.52. The van der Waals surface area contributed by atoms with Crippen molar-refractivity contribution in [2.75, 3.05) is 11.4 Å². The van der Waals surface area contributed by atoms with Gasteiger partial charge in [-0.2, -0.15) is 5.26 Å². The first kappa shape index (κ1) is 13.5. The summed E-state index contributed by atoms with van der Waals surface area (Å²) in [4.78, 5) is 1.55. The van der Waals surface area contributed by atoms with E-state index in [1.165, 1.54) is 6.07 Å². The van der Waals surface area contributed by atoms with Crippen LogP contribution < -0.4 is 9.64 Å². The fraction of sp³-hybridized carbons (Fsp3) is 0.417. The Labute approximate surface area is 107 Å². The quantitative estimate of drug-likeness (QED) is 0.777. The second kappa shape index (κ2) is 4.96. The van der Waals surface area contributed by atoms with E-state index in [9.17, 15) is 17.6 Å². The van der Waals surface area contributed by atoms with Gasteiger partial charge in [-0.3, -0.25) is 0 Å². The van der Waals surface area contributed by atoms with Crippen LogP contribution in [0.1, 0.15) is 12.8 Å². The Balaban J connectivity index is 2.23. The zero-order valence-electron chi connectivity index (χ0n) is 9.75. The number of anilines is 1. The number of hydrogen-bond donors (Lipinski definition) is 0. The monoisotopic (exact) mass is 274 g/mol. The molecule has 0 N–H and O–H groups in total. The molecule has 1 atom stereocenters. The molecular formula is C12H10F4N2O. The van der Waals surface area contributed by atoms with Crippen LogP contribution in [0.25, 0.3) is 0 Å². The van der Waals surface area contributed by atoms with Crippen molar-refractivity contribution in [3.63, 3.8) is 0 Å². The number of nitrogens with zero attached hydrogens (tertiary/aromatic N) is 2.